The van der Waals surface area contributed by atoms with Gasteiger partial charge in [0.25, 0.3) is 5.96 Å². The van der Waals surface area contributed by atoms with Crippen LogP contribution in [0.4, 0.5) is 0 Å². The average molecular weight is 226 g/mol. The molecule has 1 aliphatic heterocycles. The predicted octanol–water partition coefficient (Wildman–Crippen LogP) is 1.10. The van der Waals surface area contributed by atoms with Gasteiger partial charge in [0.1, 0.15) is 5.70 Å². The van der Waals surface area contributed by atoms with Crippen molar-refractivity contribution in [1.29, 1.82) is 0 Å². The number of ketones is 1. The molecule has 7 heteroatoms. The number of hydrogen-bond donors (Lipinski definition) is 0. The molecule has 0 amide bonds. The van der Waals surface area contributed by atoms with Crippen molar-refractivity contribution >= 4 is 17.5 Å². The van der Waals surface area contributed by atoms with Gasteiger partial charge in [-0.25, -0.2) is 4.99 Å². The van der Waals surface area contributed by atoms with E-state index in [0.717, 1.165) is 0 Å². The van der Waals surface area contributed by atoms with Crippen LogP contribution in [-0.4, -0.2) is 11.7 Å². The summed E-state index contributed by atoms with van der Waals surface area (Å²) in [6.45, 7) is 0. The minimum atomic E-state index is -0.421. The van der Waals surface area contributed by atoms with Crippen LogP contribution in [0.15, 0.2) is 55.6 Å². The van der Waals surface area contributed by atoms with Crippen molar-refractivity contribution in [2.24, 2.45) is 25.7 Å². The summed E-state index contributed by atoms with van der Waals surface area (Å²) in [4.78, 5) is 15.7. The fourth-order valence-electron chi connectivity index (χ4n) is 1.62. The van der Waals surface area contributed by atoms with Crippen molar-refractivity contribution in [2.45, 2.75) is 0 Å². The van der Waals surface area contributed by atoms with Gasteiger partial charge in [-0.05, 0) is 16.0 Å². The first-order chi connectivity index (χ1) is 8.27. The molecule has 0 N–H and O–H groups in total. The van der Waals surface area contributed by atoms with Crippen molar-refractivity contribution in [2.75, 3.05) is 0 Å². The lowest BCUT2D eigenvalue weighted by atomic mass is 10.1. The second-order valence-corrected chi connectivity index (χ2v) is 3.34. The minimum Gasteiger partial charge on any atom is -0.870 e. The second-order valence-electron chi connectivity index (χ2n) is 3.34. The van der Waals surface area contributed by atoms with E-state index in [-0.39, 0.29) is 11.7 Å². The summed E-state index contributed by atoms with van der Waals surface area (Å²) in [5.74, 6) is -0.930. The third-order valence-corrected chi connectivity index (χ3v) is 2.37. The molecule has 0 spiro atoms. The van der Waals surface area contributed by atoms with Crippen LogP contribution in [0.2, 0.25) is 0 Å². The minimum absolute atomic E-state index is 0.0884. The molecular formula is C10H4N5O2-. The van der Waals surface area contributed by atoms with Crippen molar-refractivity contribution < 1.29 is 9.90 Å². The van der Waals surface area contributed by atoms with E-state index in [2.05, 4.69) is 25.7 Å². The van der Waals surface area contributed by atoms with Crippen LogP contribution in [0.25, 0.3) is 5.76 Å². The van der Waals surface area contributed by atoms with Crippen LogP contribution in [0.5, 0.6) is 0 Å². The summed E-state index contributed by atoms with van der Waals surface area (Å²) in [6.07, 6.45) is 0. The standard InChI is InChI=1S/C10H5N5O2/c16-8-5-3-1-2-4-6(5)9(17)7(8)11-10-12-14-15-13-10/h1-4,16H/p-1. The summed E-state index contributed by atoms with van der Waals surface area (Å²) in [5.41, 5.74) is 0.508. The number of Topliss-reactive ketones (excluding diaryl/α,β-unsaturated/α-hetero) is 1. The maximum atomic E-state index is 11.9. The highest BCUT2D eigenvalue weighted by Gasteiger charge is 2.24. The molecule has 2 aliphatic rings. The lowest BCUT2D eigenvalue weighted by molar-refractivity contribution is -0.244. The normalized spacial score (nSPS) is 16.9. The van der Waals surface area contributed by atoms with Crippen LogP contribution in [0.1, 0.15) is 15.9 Å². The van der Waals surface area contributed by atoms with E-state index in [0.29, 0.717) is 11.1 Å². The van der Waals surface area contributed by atoms with Gasteiger partial charge < -0.3 is 5.11 Å². The Hall–Kier alpha value is -2.70. The van der Waals surface area contributed by atoms with E-state index in [4.69, 9.17) is 0 Å². The fourth-order valence-corrected chi connectivity index (χ4v) is 1.62. The molecule has 0 saturated carbocycles. The molecule has 1 aliphatic carbocycles. The number of allylic oxidation sites excluding steroid dienone is 1. The Morgan fingerprint density at radius 1 is 1.06 bits per heavy atom. The molecule has 7 nitrogen and oxygen atoms in total. The number of carbonyl (C=O) groups is 1. The number of fused-ring (bicyclic) bond motifs is 1. The zero-order valence-electron chi connectivity index (χ0n) is 8.36. The van der Waals surface area contributed by atoms with Crippen LogP contribution in [0.3, 0.4) is 0 Å². The molecule has 1 heterocycles. The molecule has 1 aromatic carbocycles. The van der Waals surface area contributed by atoms with Gasteiger partial charge in [0.2, 0.25) is 5.78 Å². The van der Waals surface area contributed by atoms with E-state index < -0.39 is 11.5 Å². The highest BCUT2D eigenvalue weighted by Crippen LogP contribution is 2.29. The van der Waals surface area contributed by atoms with Crippen molar-refractivity contribution in [3.05, 3.63) is 41.1 Å². The number of aliphatic imine (C=N–C) groups is 1. The molecule has 17 heavy (non-hydrogen) atoms. The molecule has 0 bridgehead atoms. The summed E-state index contributed by atoms with van der Waals surface area (Å²) in [7, 11) is 0. The summed E-state index contributed by atoms with van der Waals surface area (Å²) in [6, 6.07) is 6.55. The number of rotatable bonds is 1. The van der Waals surface area contributed by atoms with Gasteiger partial charge in [0.15, 0.2) is 0 Å². The van der Waals surface area contributed by atoms with Gasteiger partial charge in [0, 0.05) is 5.56 Å². The van der Waals surface area contributed by atoms with Crippen LogP contribution in [0, 0.1) is 0 Å². The van der Waals surface area contributed by atoms with Gasteiger partial charge in [0.05, 0.1) is 0 Å². The maximum Gasteiger partial charge on any atom is 0.292 e. The van der Waals surface area contributed by atoms with Gasteiger partial charge in [-0.15, -0.1) is 0 Å². The Bertz CT molecular complexity index is 628. The van der Waals surface area contributed by atoms with Crippen LogP contribution >= 0.6 is 0 Å². The monoisotopic (exact) mass is 226 g/mol. The van der Waals surface area contributed by atoms with Crippen molar-refractivity contribution in [1.82, 2.24) is 0 Å². The van der Waals surface area contributed by atoms with E-state index in [9.17, 15) is 9.90 Å². The van der Waals surface area contributed by atoms with Gasteiger partial charge >= 0.3 is 0 Å². The largest absolute Gasteiger partial charge is 0.870 e. The summed E-state index contributed by atoms with van der Waals surface area (Å²) < 4.78 is 0. The number of guanidine groups is 1. The Morgan fingerprint density at radius 2 is 1.71 bits per heavy atom. The first kappa shape index (κ1) is 9.52. The molecule has 0 atom stereocenters. The molecule has 3 rings (SSSR count). The zero-order chi connectivity index (χ0) is 11.8. The SMILES string of the molecule is O=C1C(N=C2N=NN=N2)=C([O-])c2ccccc21. The molecule has 0 unspecified atom stereocenters. The maximum absolute atomic E-state index is 11.9. The zero-order valence-corrected chi connectivity index (χ0v) is 8.36. The molecular weight excluding hydrogens is 222 g/mol. The third-order valence-electron chi connectivity index (χ3n) is 2.37. The number of benzene rings is 1. The fraction of sp³-hybridized carbons (Fsp3) is 0. The van der Waals surface area contributed by atoms with E-state index in [1.165, 1.54) is 0 Å². The van der Waals surface area contributed by atoms with Gasteiger partial charge in [-0.3, -0.25) is 4.79 Å². The summed E-state index contributed by atoms with van der Waals surface area (Å²) in [5, 5.41) is 25.2. The lowest BCUT2D eigenvalue weighted by Crippen LogP contribution is -2.03. The van der Waals surface area contributed by atoms with E-state index in [1.807, 2.05) is 0 Å². The topological polar surface area (TPSA) is 102 Å². The Balaban J connectivity index is 2.12. The molecule has 0 radical (unpaired) electrons. The van der Waals surface area contributed by atoms with Gasteiger partial charge in [-0.2, -0.15) is 0 Å². The molecule has 0 aromatic heterocycles. The Kier molecular flexibility index (Phi) is 1.91. The van der Waals surface area contributed by atoms with Crippen LogP contribution in [-0.2, 0) is 0 Å². The quantitative estimate of drug-likeness (QED) is 0.715. The van der Waals surface area contributed by atoms with Crippen molar-refractivity contribution in [3.63, 3.8) is 0 Å². The predicted molar refractivity (Wildman–Crippen MR) is 54.8 cm³/mol. The Morgan fingerprint density at radius 3 is 2.35 bits per heavy atom. The average Bonchev–Trinajstić information content (AvgIpc) is 2.94. The number of nitrogens with zero attached hydrogens (tertiary/aromatic N) is 5. The van der Waals surface area contributed by atoms with Gasteiger partial charge in [-0.1, -0.05) is 40.3 Å². The lowest BCUT2D eigenvalue weighted by Gasteiger charge is -2.07. The third kappa shape index (κ3) is 1.36. The molecule has 82 valence electrons. The summed E-state index contributed by atoms with van der Waals surface area (Å²) >= 11 is 0. The molecule has 0 saturated heterocycles. The highest BCUT2D eigenvalue weighted by atomic mass is 16.3. The molecule has 0 fully saturated rings. The molecule has 1 aromatic rings. The first-order valence-electron chi connectivity index (χ1n) is 4.73. The van der Waals surface area contributed by atoms with Crippen molar-refractivity contribution in [3.8, 4) is 0 Å². The number of hydrogen-bond acceptors (Lipinski definition) is 5. The smallest absolute Gasteiger partial charge is 0.292 e. The first-order valence-corrected chi connectivity index (χ1v) is 4.73. The Labute approximate surface area is 94.9 Å². The number of carbonyl (C=O) groups excluding carboxylic acids is 1. The second kappa shape index (κ2) is 3.41. The van der Waals surface area contributed by atoms with E-state index in [1.54, 1.807) is 24.3 Å². The van der Waals surface area contributed by atoms with Crippen LogP contribution < -0.4 is 5.11 Å². The highest BCUT2D eigenvalue weighted by molar-refractivity contribution is 6.19. The van der Waals surface area contributed by atoms with E-state index >= 15 is 0 Å².